The lowest BCUT2D eigenvalue weighted by atomic mass is 10.0. The highest BCUT2D eigenvalue weighted by Crippen LogP contribution is 2.29. The van der Waals surface area contributed by atoms with Crippen LogP contribution < -0.4 is 26.2 Å². The summed E-state index contributed by atoms with van der Waals surface area (Å²) in [5.74, 6) is -0.734. The van der Waals surface area contributed by atoms with Crippen LogP contribution in [-0.2, 0) is 20.9 Å². The zero-order valence-corrected chi connectivity index (χ0v) is 18.9. The highest BCUT2D eigenvalue weighted by atomic mass is 19.1. The largest absolute Gasteiger partial charge is 0.442 e. The minimum atomic E-state index is -0.576. The number of halogens is 1. The molecule has 2 aliphatic heterocycles. The van der Waals surface area contributed by atoms with E-state index in [4.69, 9.17) is 4.74 Å². The van der Waals surface area contributed by atoms with Crippen molar-refractivity contribution in [1.29, 1.82) is 0 Å². The number of benzene rings is 2. The molecule has 3 amide bonds. The molecule has 2 fully saturated rings. The summed E-state index contributed by atoms with van der Waals surface area (Å²) in [6.07, 6.45) is -1.06. The van der Waals surface area contributed by atoms with Gasteiger partial charge in [-0.1, -0.05) is 24.3 Å². The molecule has 2 unspecified atom stereocenters. The lowest BCUT2D eigenvalue weighted by molar-refractivity contribution is -0.123. The smallest absolute Gasteiger partial charge is 0.414 e. The second kappa shape index (κ2) is 10.6. The molecule has 0 radical (unpaired) electrons. The van der Waals surface area contributed by atoms with Crippen LogP contribution >= 0.6 is 0 Å². The average Bonchev–Trinajstić information content (AvgIpc) is 3.22. The Morgan fingerprint density at radius 2 is 1.94 bits per heavy atom. The van der Waals surface area contributed by atoms with Gasteiger partial charge in [0, 0.05) is 38.7 Å². The third-order valence-corrected chi connectivity index (χ3v) is 5.81. The van der Waals surface area contributed by atoms with Crippen LogP contribution in [0, 0.1) is 5.82 Å². The predicted molar refractivity (Wildman–Crippen MR) is 125 cm³/mol. The van der Waals surface area contributed by atoms with Gasteiger partial charge in [-0.05, 0) is 29.3 Å². The number of nitrogens with zero attached hydrogens (tertiary/aromatic N) is 1. The second-order valence-electron chi connectivity index (χ2n) is 8.34. The van der Waals surface area contributed by atoms with Gasteiger partial charge in [0.2, 0.25) is 11.8 Å². The highest BCUT2D eigenvalue weighted by Gasteiger charge is 2.32. The van der Waals surface area contributed by atoms with Gasteiger partial charge in [0.05, 0.1) is 24.8 Å². The van der Waals surface area contributed by atoms with E-state index >= 15 is 0 Å². The third-order valence-electron chi connectivity index (χ3n) is 5.81. The van der Waals surface area contributed by atoms with E-state index in [0.717, 1.165) is 18.7 Å². The molecule has 0 aromatic heterocycles. The fraction of sp³-hybridized carbons (Fsp3) is 0.375. The van der Waals surface area contributed by atoms with E-state index in [1.807, 2.05) is 12.1 Å². The van der Waals surface area contributed by atoms with E-state index in [1.54, 1.807) is 24.3 Å². The zero-order chi connectivity index (χ0) is 24.1. The first-order chi connectivity index (χ1) is 16.4. The van der Waals surface area contributed by atoms with Gasteiger partial charge >= 0.3 is 6.09 Å². The van der Waals surface area contributed by atoms with Gasteiger partial charge in [0.25, 0.3) is 0 Å². The van der Waals surface area contributed by atoms with Gasteiger partial charge in [0.1, 0.15) is 11.9 Å². The second-order valence-corrected chi connectivity index (χ2v) is 8.34. The van der Waals surface area contributed by atoms with E-state index < -0.39 is 18.0 Å². The summed E-state index contributed by atoms with van der Waals surface area (Å²) in [4.78, 5) is 36.8. The maximum absolute atomic E-state index is 14.9. The van der Waals surface area contributed by atoms with Crippen LogP contribution in [0.3, 0.4) is 0 Å². The number of rotatable bonds is 7. The van der Waals surface area contributed by atoms with Gasteiger partial charge in [-0.3, -0.25) is 14.5 Å². The van der Waals surface area contributed by atoms with Crippen molar-refractivity contribution in [2.24, 2.45) is 0 Å². The van der Waals surface area contributed by atoms with Crippen molar-refractivity contribution in [3.05, 3.63) is 53.8 Å². The Morgan fingerprint density at radius 3 is 2.62 bits per heavy atom. The molecule has 2 heterocycles. The SMILES string of the molecule is CC(=O)NCC1CN(c2ccc(-c3ccc(CNC(=O)C4CNCCN4)cc3)c(F)c2)C(=O)O1. The van der Waals surface area contributed by atoms with Gasteiger partial charge in [-0.25, -0.2) is 9.18 Å². The number of carbonyl (C=O) groups excluding carboxylic acids is 3. The molecule has 2 aromatic carbocycles. The number of hydrogen-bond donors (Lipinski definition) is 4. The number of piperazine rings is 1. The van der Waals surface area contributed by atoms with Crippen LogP contribution in [0.25, 0.3) is 11.1 Å². The van der Waals surface area contributed by atoms with Crippen molar-refractivity contribution in [1.82, 2.24) is 21.3 Å². The number of amides is 3. The average molecular weight is 470 g/mol. The van der Waals surface area contributed by atoms with Gasteiger partial charge < -0.3 is 26.0 Å². The number of ether oxygens (including phenoxy) is 1. The molecule has 4 rings (SSSR count). The molecule has 4 N–H and O–H groups in total. The standard InChI is InChI=1S/C24H28FN5O4/c1-15(31)28-12-19-14-30(24(33)34-19)18-6-7-20(21(25)10-18)17-4-2-16(3-5-17)11-29-23(32)22-13-26-8-9-27-22/h2-7,10,19,22,26-27H,8-9,11-14H2,1H3,(H,28,31)(H,29,32). The normalized spacial score (nSPS) is 20.1. The molecular formula is C24H28FN5O4. The zero-order valence-electron chi connectivity index (χ0n) is 18.9. The van der Waals surface area contributed by atoms with Crippen LogP contribution in [0.15, 0.2) is 42.5 Å². The number of nitrogens with one attached hydrogen (secondary N) is 4. The lowest BCUT2D eigenvalue weighted by Crippen LogP contribution is -2.55. The van der Waals surface area contributed by atoms with Gasteiger partial charge in [-0.15, -0.1) is 0 Å². The predicted octanol–water partition coefficient (Wildman–Crippen LogP) is 1.13. The van der Waals surface area contributed by atoms with E-state index in [1.165, 1.54) is 17.9 Å². The third kappa shape index (κ3) is 5.70. The molecule has 0 aliphatic carbocycles. The molecule has 2 aromatic rings. The Labute approximate surface area is 197 Å². The minimum absolute atomic E-state index is 0.0577. The molecule has 10 heteroatoms. The van der Waals surface area contributed by atoms with E-state index in [0.29, 0.717) is 29.9 Å². The minimum Gasteiger partial charge on any atom is -0.442 e. The Hall–Kier alpha value is -3.50. The monoisotopic (exact) mass is 469 g/mol. The van der Waals surface area contributed by atoms with Crippen molar-refractivity contribution in [2.75, 3.05) is 37.6 Å². The summed E-state index contributed by atoms with van der Waals surface area (Å²) in [6, 6.07) is 11.6. The molecule has 2 saturated heterocycles. The molecule has 0 saturated carbocycles. The molecule has 0 bridgehead atoms. The van der Waals surface area contributed by atoms with Gasteiger partial charge in [-0.2, -0.15) is 0 Å². The molecule has 0 spiro atoms. The van der Waals surface area contributed by atoms with Crippen LogP contribution in [0.1, 0.15) is 12.5 Å². The Morgan fingerprint density at radius 1 is 1.15 bits per heavy atom. The summed E-state index contributed by atoms with van der Waals surface area (Å²) >= 11 is 0. The van der Waals surface area contributed by atoms with Crippen molar-refractivity contribution < 1.29 is 23.5 Å². The van der Waals surface area contributed by atoms with Crippen LogP contribution in [0.4, 0.5) is 14.9 Å². The van der Waals surface area contributed by atoms with Crippen molar-refractivity contribution in [2.45, 2.75) is 25.6 Å². The first-order valence-electron chi connectivity index (χ1n) is 11.2. The number of carbonyl (C=O) groups is 3. The number of cyclic esters (lactones) is 1. The van der Waals surface area contributed by atoms with Crippen molar-refractivity contribution in [3.63, 3.8) is 0 Å². The first-order valence-corrected chi connectivity index (χ1v) is 11.2. The van der Waals surface area contributed by atoms with E-state index in [2.05, 4.69) is 21.3 Å². The topological polar surface area (TPSA) is 112 Å². The summed E-state index contributed by atoms with van der Waals surface area (Å²) in [5, 5.41) is 11.9. The van der Waals surface area contributed by atoms with Gasteiger partial charge in [0.15, 0.2) is 0 Å². The number of anilines is 1. The number of hydrogen-bond acceptors (Lipinski definition) is 6. The van der Waals surface area contributed by atoms with Crippen molar-refractivity contribution >= 4 is 23.6 Å². The quantitative estimate of drug-likeness (QED) is 0.484. The summed E-state index contributed by atoms with van der Waals surface area (Å²) in [7, 11) is 0. The molecule has 34 heavy (non-hydrogen) atoms. The molecule has 2 atom stereocenters. The first kappa shape index (κ1) is 23.7. The van der Waals surface area contributed by atoms with Crippen LogP contribution in [0.2, 0.25) is 0 Å². The highest BCUT2D eigenvalue weighted by molar-refractivity contribution is 5.90. The molecule has 9 nitrogen and oxygen atoms in total. The van der Waals surface area contributed by atoms with E-state index in [-0.39, 0.29) is 30.9 Å². The molecule has 180 valence electrons. The Kier molecular flexibility index (Phi) is 7.39. The van der Waals surface area contributed by atoms with Crippen LogP contribution in [-0.4, -0.2) is 62.8 Å². The fourth-order valence-electron chi connectivity index (χ4n) is 3.96. The Bertz CT molecular complexity index is 1060. The maximum Gasteiger partial charge on any atom is 0.414 e. The summed E-state index contributed by atoms with van der Waals surface area (Å²) in [5.41, 5.74) is 2.38. The summed E-state index contributed by atoms with van der Waals surface area (Å²) in [6.45, 7) is 4.42. The molecular weight excluding hydrogens is 441 g/mol. The Balaban J connectivity index is 1.36. The van der Waals surface area contributed by atoms with Crippen molar-refractivity contribution in [3.8, 4) is 11.1 Å². The fourth-order valence-corrected chi connectivity index (χ4v) is 3.96. The van der Waals surface area contributed by atoms with Crippen LogP contribution in [0.5, 0.6) is 0 Å². The lowest BCUT2D eigenvalue weighted by Gasteiger charge is -2.23. The summed E-state index contributed by atoms with van der Waals surface area (Å²) < 4.78 is 20.2. The van der Waals surface area contributed by atoms with E-state index in [9.17, 15) is 18.8 Å². The maximum atomic E-state index is 14.9. The molecule has 2 aliphatic rings.